The van der Waals surface area contributed by atoms with Gasteiger partial charge in [-0.25, -0.2) is 24.9 Å². The number of nitrogen functional groups attached to an aromatic ring is 1. The summed E-state index contributed by atoms with van der Waals surface area (Å²) in [6.45, 7) is 9.70. The number of fused-ring (bicyclic) bond motifs is 6. The van der Waals surface area contributed by atoms with E-state index in [1.807, 2.05) is 146 Å². The minimum absolute atomic E-state index is 0. The van der Waals surface area contributed by atoms with Gasteiger partial charge in [-0.15, -0.1) is 5.10 Å². The summed E-state index contributed by atoms with van der Waals surface area (Å²) in [5.74, 6) is 10.6. The van der Waals surface area contributed by atoms with Crippen LogP contribution >= 0.6 is 162 Å². The second-order valence-corrected chi connectivity index (χ2v) is 35.9. The molecule has 2 aromatic carbocycles. The van der Waals surface area contributed by atoms with Gasteiger partial charge < -0.3 is 96.3 Å². The Kier molecular flexibility index (Phi) is 52.3. The molecule has 780 valence electrons. The summed E-state index contributed by atoms with van der Waals surface area (Å²) < 4.78 is 27.1. The van der Waals surface area contributed by atoms with Crippen molar-refractivity contribution in [1.82, 2.24) is 87.6 Å². The van der Waals surface area contributed by atoms with Gasteiger partial charge >= 0.3 is 0 Å². The lowest BCUT2D eigenvalue weighted by molar-refractivity contribution is 0.304. The van der Waals surface area contributed by atoms with Crippen molar-refractivity contribution in [2.24, 2.45) is 40.3 Å². The van der Waals surface area contributed by atoms with Gasteiger partial charge in [-0.05, 0) is 191 Å². The van der Waals surface area contributed by atoms with Crippen LogP contribution in [-0.2, 0) is 6.42 Å². The van der Waals surface area contributed by atoms with Gasteiger partial charge in [0.25, 0.3) is 0 Å². The molecule has 7 fully saturated rings. The zero-order valence-electron chi connectivity index (χ0n) is 81.1. The number of rotatable bonds is 24. The van der Waals surface area contributed by atoms with Crippen LogP contribution in [0, 0.1) is 12.8 Å². The zero-order chi connectivity index (χ0) is 89.8. The highest BCUT2D eigenvalue weighted by Gasteiger charge is 2.32. The number of benzene rings is 2. The zero-order valence-corrected chi connectivity index (χ0v) is 93.1. The summed E-state index contributed by atoms with van der Waals surface area (Å²) in [4.78, 5) is 29.7. The standard InChI is InChI=1S/2C18H21N5O.C16H25N5.C14H22N6O.C14H20N6.C13H19N5O.12H2S/c1-24-15-6-2-12(3-7-15)16-11-18(21-14-5-4-13(19)10-14)23-17(22-16)8-9-20-23;1-24-15-4-2-3-12(9-15)16-11-18(21-14-6-5-13(19)10-14)23-17(22-16)7-8-20-23;1-10(2)6-14-8-15(19-13-5-4-12(17)7-13)21-16(20-14)11(3)9-18-21;1-19(6-7-21)13-9-14(17-11-3-2-10(15)8-11)20-12(18-13)4-5-16-20;15-9-3-4-10(5-9)17-13-6-11(8-1-2-8)18-14-7-12(16)19-20(13)14;1-2-19-13-8-12(16-10-4-3-9(14)7-10)18-11(17-13)5-6-15-18;;;;;;;;;;;;/h2-3,6-9,11,13-14,21H,4-5,10,19H2,1H3;2-4,7-9,11,13-14,21H,5-6,10,19H2,1H3;8-10,12-13,19H,4-7,17H2,1-3H3;4-5,9-11,17,21H,2-3,6-8,15H2,1H3;6-10,17H,1-5,15H2,(H2,16,19);5-6,8-10,16H,2-4,7,14H2,1H3;12*1H2/t2*13-,14-;12-,13-;10-,11-;2*9-,10-;;;;;;;;;;;;/m000000............/s1. The number of nitrogens with zero attached hydrogens (tertiary/aromatic N) is 19. The van der Waals surface area contributed by atoms with E-state index in [4.69, 9.17) is 74.4 Å². The third-order valence-electron chi connectivity index (χ3n) is 25.0. The molecule has 7 saturated carbocycles. The first-order valence-corrected chi connectivity index (χ1v) is 45.9. The lowest BCUT2D eigenvalue weighted by Gasteiger charge is -2.20. The van der Waals surface area contributed by atoms with Crippen LogP contribution in [0.4, 0.5) is 46.5 Å². The highest BCUT2D eigenvalue weighted by Crippen LogP contribution is 2.41. The minimum atomic E-state index is 0. The largest absolute Gasteiger partial charge is 0.497 e. The maximum Gasteiger partial charge on any atom is 0.219 e. The second-order valence-electron chi connectivity index (χ2n) is 35.9. The number of hydrogen-bond donors (Lipinski definition) is 14. The van der Waals surface area contributed by atoms with Crippen molar-refractivity contribution in [2.45, 2.75) is 241 Å². The first-order chi connectivity index (χ1) is 62.6. The fourth-order valence-electron chi connectivity index (χ4n) is 18.1. The number of nitrogens with one attached hydrogen (secondary N) is 6. The fraction of sp³-hybridized carbons (Fsp3) is 0.484. The summed E-state index contributed by atoms with van der Waals surface area (Å²) >= 11 is 0. The summed E-state index contributed by atoms with van der Waals surface area (Å²) in [6.07, 6.45) is 31.4. The topological polar surface area (TPSA) is 487 Å². The Balaban J connectivity index is 0.000000348. The number of ether oxygens (including phenoxy) is 3. The smallest absolute Gasteiger partial charge is 0.219 e. The molecule has 36 nitrogen and oxygen atoms in total. The highest BCUT2D eigenvalue weighted by atomic mass is 32.1. The Morgan fingerprint density at radius 3 is 1.22 bits per heavy atom. The number of methoxy groups -OCH3 is 2. The molecule has 7 aliphatic carbocycles. The molecule has 0 amide bonds. The molecule has 7 aliphatic rings. The van der Waals surface area contributed by atoms with Crippen LogP contribution in [0.3, 0.4) is 0 Å². The SMILES string of the molecule is CCOc1cc(N[C@H]2CC[C@H](N)C2)n2nccc2n1.CN(CCO)c1cc(N[C@H]2CC[C@H](N)C2)n2nccc2n1.COc1ccc(-c2cc(N[C@H]3CC[C@H](N)C3)n3nccc3n2)cc1.COc1cccc(-c2cc(N[C@H]3CC[C@H](N)C3)n3nccc3n2)c1.Cc1cnn2c(N[C@H]3CC[C@H](N)C3)cc(CC(C)C)nc12.Nc1cc2nc(C3CC3)cc(N[C@H]3CC[C@H](N)C3)n2n1.S.S.S.S.S.S.S.S.S.S.S.S. The number of likely N-dealkylation sites (N-methyl/N-ethyl adjacent to an activating group) is 1. The number of nitrogens with two attached hydrogens (primary N) is 7. The van der Waals surface area contributed by atoms with Gasteiger partial charge in [-0.1, -0.05) is 26.0 Å². The van der Waals surface area contributed by atoms with E-state index >= 15 is 0 Å². The lowest BCUT2D eigenvalue weighted by atomic mass is 10.1. The van der Waals surface area contributed by atoms with E-state index < -0.39 is 0 Å². The molecule has 48 heteroatoms. The van der Waals surface area contributed by atoms with Gasteiger partial charge in [0, 0.05) is 187 Å². The number of aromatic nitrogens is 18. The fourth-order valence-corrected chi connectivity index (χ4v) is 18.1. The van der Waals surface area contributed by atoms with E-state index in [0.29, 0.717) is 97.1 Å². The monoisotopic (exact) mass is 2160 g/mol. The molecule has 0 unspecified atom stereocenters. The summed E-state index contributed by atoms with van der Waals surface area (Å²) in [5, 5.41) is 56.7. The Morgan fingerprint density at radius 2 is 0.816 bits per heavy atom. The quantitative estimate of drug-likeness (QED) is 0.0267. The molecule has 12 heterocycles. The van der Waals surface area contributed by atoms with Gasteiger partial charge in [0.2, 0.25) is 5.88 Å². The van der Waals surface area contributed by atoms with Gasteiger partial charge in [-0.2, -0.15) is 220 Å². The minimum Gasteiger partial charge on any atom is -0.497 e. The van der Waals surface area contributed by atoms with Crippen molar-refractivity contribution < 1.29 is 19.3 Å². The van der Waals surface area contributed by atoms with Crippen LogP contribution < -0.4 is 91.1 Å². The molecule has 21 N–H and O–H groups in total. The molecule has 141 heavy (non-hydrogen) atoms. The maximum atomic E-state index is 9.08. The maximum absolute atomic E-state index is 9.08. The van der Waals surface area contributed by atoms with Crippen molar-refractivity contribution in [2.75, 3.05) is 83.6 Å². The molecular formula is C93H152N32O4S12. The van der Waals surface area contributed by atoms with E-state index in [1.54, 1.807) is 48.0 Å². The lowest BCUT2D eigenvalue weighted by Crippen LogP contribution is -2.24. The molecule has 0 aliphatic heterocycles. The third kappa shape index (κ3) is 32.9. The van der Waals surface area contributed by atoms with Crippen molar-refractivity contribution in [3.8, 4) is 39.9 Å². The number of aliphatic hydroxyl groups excluding tert-OH is 1. The van der Waals surface area contributed by atoms with E-state index in [9.17, 15) is 0 Å². The Hall–Kier alpha value is -8.12. The van der Waals surface area contributed by atoms with E-state index in [-0.39, 0.29) is 181 Å². The number of anilines is 8. The molecular weight excluding hydrogens is 2010 g/mol. The van der Waals surface area contributed by atoms with Gasteiger partial charge in [0.1, 0.15) is 58.0 Å². The molecule has 12 aromatic heterocycles. The normalized spacial score (nSPS) is 20.3. The Bertz CT molecular complexity index is 6080. The van der Waals surface area contributed by atoms with Crippen molar-refractivity contribution in [3.63, 3.8) is 0 Å². The van der Waals surface area contributed by atoms with Crippen LogP contribution in [0.2, 0.25) is 0 Å². The van der Waals surface area contributed by atoms with Gasteiger partial charge in [-0.3, -0.25) is 0 Å². The molecule has 21 rings (SSSR count). The average Bonchev–Trinajstić information content (AvgIpc) is 1.62. The molecule has 14 aromatic rings. The Labute approximate surface area is 909 Å². The first kappa shape index (κ1) is 125. The average molecular weight is 2170 g/mol. The van der Waals surface area contributed by atoms with Crippen LogP contribution in [0.15, 0.2) is 146 Å². The molecule has 12 atom stereocenters. The van der Waals surface area contributed by atoms with Gasteiger partial charge in [0.15, 0.2) is 33.9 Å². The van der Waals surface area contributed by atoms with Crippen molar-refractivity contribution in [3.05, 3.63) is 163 Å². The summed E-state index contributed by atoms with van der Waals surface area (Å²) in [5.41, 5.74) is 54.1. The van der Waals surface area contributed by atoms with E-state index in [2.05, 4.69) is 110 Å². The number of hydrogen-bond acceptors (Lipinski definition) is 30. The molecule has 0 radical (unpaired) electrons. The van der Waals surface area contributed by atoms with Gasteiger partial charge in [0.05, 0.1) is 69.8 Å². The van der Waals surface area contributed by atoms with Crippen molar-refractivity contribution >= 4 is 242 Å². The van der Waals surface area contributed by atoms with Crippen LogP contribution in [0.25, 0.3) is 56.4 Å². The van der Waals surface area contributed by atoms with Crippen LogP contribution in [0.5, 0.6) is 17.4 Å². The molecule has 0 spiro atoms. The number of aryl methyl sites for hydroxylation is 1. The summed E-state index contributed by atoms with van der Waals surface area (Å²) in [7, 11) is 5.25. The molecule has 0 saturated heterocycles. The van der Waals surface area contributed by atoms with Crippen LogP contribution in [-0.4, -0.2) is 206 Å². The van der Waals surface area contributed by atoms with Crippen molar-refractivity contribution in [1.29, 1.82) is 0 Å². The van der Waals surface area contributed by atoms with E-state index in [1.165, 1.54) is 12.8 Å². The van der Waals surface area contributed by atoms with Crippen LogP contribution in [0.1, 0.15) is 172 Å². The first-order valence-electron chi connectivity index (χ1n) is 45.9. The number of aliphatic hydroxyl groups is 1. The second kappa shape index (κ2) is 58.9. The van der Waals surface area contributed by atoms with E-state index in [0.717, 1.165) is 248 Å². The predicted molar refractivity (Wildman–Crippen MR) is 633 cm³/mol. The molecule has 0 bridgehead atoms. The Morgan fingerprint density at radius 1 is 0.411 bits per heavy atom. The predicted octanol–water partition coefficient (Wildman–Crippen LogP) is 12.6. The third-order valence-corrected chi connectivity index (χ3v) is 25.0. The summed E-state index contributed by atoms with van der Waals surface area (Å²) in [6, 6.07) is 41.7. The highest BCUT2D eigenvalue weighted by molar-refractivity contribution is 7.60.